The van der Waals surface area contributed by atoms with Crippen LogP contribution in [0.2, 0.25) is 0 Å². The summed E-state index contributed by atoms with van der Waals surface area (Å²) in [6.45, 7) is 4.48. The Hall–Kier alpha value is -3.29. The van der Waals surface area contributed by atoms with Gasteiger partial charge in [0.15, 0.2) is 5.11 Å². The van der Waals surface area contributed by atoms with Crippen LogP contribution >= 0.6 is 23.6 Å². The standard InChI is InChI=1S/C26H21N3O2S2/c1-26(2)18-10-7-9-16-15-8-5-6-11-20(15)29(21(16)18)24-19(26)13-14(33-24)12-17-22(30)27(3)25(32)28(4)23(17)31/h5-13H,1-4H3. The molecule has 4 aromatic rings. The number of benzene rings is 2. The van der Waals surface area contributed by atoms with E-state index in [2.05, 4.69) is 66.9 Å². The monoisotopic (exact) mass is 471 g/mol. The van der Waals surface area contributed by atoms with E-state index in [0.717, 1.165) is 15.4 Å². The second kappa shape index (κ2) is 6.62. The average Bonchev–Trinajstić information content (AvgIpc) is 3.38. The normalized spacial score (nSPS) is 17.3. The average molecular weight is 472 g/mol. The van der Waals surface area contributed by atoms with Crippen molar-refractivity contribution >= 4 is 68.4 Å². The molecule has 33 heavy (non-hydrogen) atoms. The van der Waals surface area contributed by atoms with Gasteiger partial charge < -0.3 is 4.57 Å². The van der Waals surface area contributed by atoms with Gasteiger partial charge in [0.05, 0.1) is 11.0 Å². The number of likely N-dealkylation sites (N-methyl/N-ethyl adjacent to an activating group) is 2. The molecule has 2 aromatic carbocycles. The molecule has 0 aliphatic carbocycles. The highest BCUT2D eigenvalue weighted by molar-refractivity contribution is 7.80. The summed E-state index contributed by atoms with van der Waals surface area (Å²) in [7, 11) is 3.20. The molecule has 1 saturated heterocycles. The van der Waals surface area contributed by atoms with E-state index < -0.39 is 0 Å². The molecule has 0 N–H and O–H groups in total. The zero-order valence-corrected chi connectivity index (χ0v) is 20.3. The molecule has 2 aromatic heterocycles. The van der Waals surface area contributed by atoms with Crippen molar-refractivity contribution in [3.05, 3.63) is 70.1 Å². The van der Waals surface area contributed by atoms with Crippen molar-refractivity contribution in [2.75, 3.05) is 14.1 Å². The van der Waals surface area contributed by atoms with Crippen LogP contribution in [0.25, 0.3) is 32.9 Å². The van der Waals surface area contributed by atoms with Gasteiger partial charge in [0.25, 0.3) is 11.8 Å². The number of carbonyl (C=O) groups excluding carboxylic acids is 2. The van der Waals surface area contributed by atoms with Gasteiger partial charge in [-0.2, -0.15) is 0 Å². The fourth-order valence-electron chi connectivity index (χ4n) is 5.08. The third-order valence-corrected chi connectivity index (χ3v) is 8.52. The lowest BCUT2D eigenvalue weighted by molar-refractivity contribution is -0.132. The first-order valence-corrected chi connectivity index (χ1v) is 11.9. The highest BCUT2D eigenvalue weighted by atomic mass is 32.1. The van der Waals surface area contributed by atoms with E-state index in [4.69, 9.17) is 12.2 Å². The summed E-state index contributed by atoms with van der Waals surface area (Å²) in [5.41, 5.74) is 4.76. The molecular weight excluding hydrogens is 450 g/mol. The smallest absolute Gasteiger partial charge is 0.265 e. The minimum Gasteiger partial charge on any atom is -0.300 e. The predicted molar refractivity (Wildman–Crippen MR) is 137 cm³/mol. The number of rotatable bonds is 1. The minimum atomic E-state index is -0.370. The van der Waals surface area contributed by atoms with Crippen LogP contribution in [0, 0.1) is 0 Å². The van der Waals surface area contributed by atoms with E-state index in [1.54, 1.807) is 31.5 Å². The molecule has 2 aliphatic rings. The molecule has 0 unspecified atom stereocenters. The summed E-state index contributed by atoms with van der Waals surface area (Å²) in [6.07, 6.45) is 1.71. The molecule has 4 heterocycles. The number of thiophene rings is 1. The molecule has 0 spiro atoms. The van der Waals surface area contributed by atoms with Gasteiger partial charge in [0.2, 0.25) is 0 Å². The van der Waals surface area contributed by atoms with Crippen molar-refractivity contribution in [1.29, 1.82) is 0 Å². The number of para-hydroxylation sites is 2. The van der Waals surface area contributed by atoms with Crippen LogP contribution in [0.3, 0.4) is 0 Å². The predicted octanol–water partition coefficient (Wildman–Crippen LogP) is 5.08. The van der Waals surface area contributed by atoms with Gasteiger partial charge in [0, 0.05) is 35.2 Å². The highest BCUT2D eigenvalue weighted by Gasteiger charge is 2.38. The van der Waals surface area contributed by atoms with Crippen molar-refractivity contribution in [3.8, 4) is 5.00 Å². The fraction of sp³-hybridized carbons (Fsp3) is 0.192. The maximum absolute atomic E-state index is 12.9. The van der Waals surface area contributed by atoms with Gasteiger partial charge in [-0.15, -0.1) is 11.3 Å². The molecule has 1 fully saturated rings. The number of nitrogens with zero attached hydrogens (tertiary/aromatic N) is 3. The Labute approximate surface area is 200 Å². The Balaban J connectivity index is 1.62. The Morgan fingerprint density at radius 1 is 0.909 bits per heavy atom. The van der Waals surface area contributed by atoms with E-state index in [9.17, 15) is 9.59 Å². The van der Waals surface area contributed by atoms with Crippen LogP contribution < -0.4 is 0 Å². The molecule has 0 atom stereocenters. The first-order chi connectivity index (χ1) is 15.7. The molecule has 5 nitrogen and oxygen atoms in total. The molecule has 6 rings (SSSR count). The number of hydrogen-bond donors (Lipinski definition) is 0. The van der Waals surface area contributed by atoms with E-state index in [0.29, 0.717) is 0 Å². The number of aromatic nitrogens is 1. The van der Waals surface area contributed by atoms with Gasteiger partial charge >= 0.3 is 0 Å². The minimum absolute atomic E-state index is 0.130. The van der Waals surface area contributed by atoms with Crippen molar-refractivity contribution in [1.82, 2.24) is 14.4 Å². The molecule has 7 heteroatoms. The van der Waals surface area contributed by atoms with Crippen molar-refractivity contribution in [2.45, 2.75) is 19.3 Å². The van der Waals surface area contributed by atoms with Gasteiger partial charge in [-0.3, -0.25) is 19.4 Å². The summed E-state index contributed by atoms with van der Waals surface area (Å²) < 4.78 is 2.34. The van der Waals surface area contributed by atoms with Crippen molar-refractivity contribution < 1.29 is 9.59 Å². The number of hydrogen-bond acceptors (Lipinski definition) is 4. The Bertz CT molecular complexity index is 1560. The maximum atomic E-state index is 12.9. The fourth-order valence-corrected chi connectivity index (χ4v) is 6.53. The van der Waals surface area contributed by atoms with E-state index >= 15 is 0 Å². The molecule has 0 radical (unpaired) electrons. The van der Waals surface area contributed by atoms with Crippen LogP contribution in [0.15, 0.2) is 54.1 Å². The third-order valence-electron chi connectivity index (χ3n) is 6.91. The first kappa shape index (κ1) is 20.3. The first-order valence-electron chi connectivity index (χ1n) is 10.7. The summed E-state index contributed by atoms with van der Waals surface area (Å²) in [4.78, 5) is 29.3. The molecular formula is C26H21N3O2S2. The van der Waals surface area contributed by atoms with Gasteiger partial charge in [0.1, 0.15) is 10.6 Å². The van der Waals surface area contributed by atoms with E-state index in [-0.39, 0.29) is 27.9 Å². The summed E-state index contributed by atoms with van der Waals surface area (Å²) in [5, 5.41) is 3.81. The van der Waals surface area contributed by atoms with Gasteiger partial charge in [-0.25, -0.2) is 0 Å². The van der Waals surface area contributed by atoms with Crippen LogP contribution in [-0.2, 0) is 15.0 Å². The second-order valence-corrected chi connectivity index (χ2v) is 10.5. The second-order valence-electron chi connectivity index (χ2n) is 9.12. The van der Waals surface area contributed by atoms with E-state index in [1.165, 1.54) is 37.2 Å². The zero-order chi connectivity index (χ0) is 23.2. The number of carbonyl (C=O) groups is 2. The molecule has 2 amide bonds. The lowest BCUT2D eigenvalue weighted by Gasteiger charge is -2.32. The van der Waals surface area contributed by atoms with Gasteiger partial charge in [-0.05, 0) is 41.6 Å². The lowest BCUT2D eigenvalue weighted by Crippen LogP contribution is -2.52. The van der Waals surface area contributed by atoms with Crippen molar-refractivity contribution in [2.24, 2.45) is 0 Å². The quantitative estimate of drug-likeness (QED) is 0.221. The summed E-state index contributed by atoms with van der Waals surface area (Å²) in [5.74, 6) is -0.739. The Kier molecular flexibility index (Phi) is 4.08. The highest BCUT2D eigenvalue weighted by Crippen LogP contribution is 2.50. The topological polar surface area (TPSA) is 45.6 Å². The zero-order valence-electron chi connectivity index (χ0n) is 18.7. The molecule has 2 aliphatic heterocycles. The third kappa shape index (κ3) is 2.55. The maximum Gasteiger partial charge on any atom is 0.265 e. The lowest BCUT2D eigenvalue weighted by atomic mass is 9.76. The number of thiocarbonyl (C=S) groups is 1. The largest absolute Gasteiger partial charge is 0.300 e. The molecule has 0 bridgehead atoms. The molecule has 0 saturated carbocycles. The Morgan fingerprint density at radius 3 is 2.30 bits per heavy atom. The Morgan fingerprint density at radius 2 is 1.58 bits per heavy atom. The van der Waals surface area contributed by atoms with Gasteiger partial charge in [-0.1, -0.05) is 50.2 Å². The summed E-state index contributed by atoms with van der Waals surface area (Å²) >= 11 is 6.82. The van der Waals surface area contributed by atoms with Crippen LogP contribution in [0.1, 0.15) is 29.9 Å². The SMILES string of the molecule is CN1C(=O)C(=Cc2cc3c(s2)-n2c4ccccc4c4cccc(c42)C3(C)C)C(=O)N(C)C1=S. The summed E-state index contributed by atoms with van der Waals surface area (Å²) in [6, 6.07) is 17.1. The van der Waals surface area contributed by atoms with E-state index in [1.807, 2.05) is 0 Å². The number of fused-ring (bicyclic) bond motifs is 5. The van der Waals surface area contributed by atoms with Crippen LogP contribution in [0.4, 0.5) is 0 Å². The molecule has 164 valence electrons. The van der Waals surface area contributed by atoms with Crippen LogP contribution in [-0.4, -0.2) is 45.4 Å². The number of amides is 2. The van der Waals surface area contributed by atoms with Crippen LogP contribution in [0.5, 0.6) is 0 Å². The van der Waals surface area contributed by atoms with Crippen molar-refractivity contribution in [3.63, 3.8) is 0 Å².